The number of aromatic nitrogens is 1. The third-order valence-corrected chi connectivity index (χ3v) is 4.02. The fourth-order valence-corrected chi connectivity index (χ4v) is 2.69. The molecule has 0 fully saturated rings. The number of rotatable bonds is 5. The summed E-state index contributed by atoms with van der Waals surface area (Å²) in [7, 11) is 0. The number of hydrogen-bond acceptors (Lipinski definition) is 3. The van der Waals surface area contributed by atoms with Crippen molar-refractivity contribution in [2.75, 3.05) is 11.9 Å². The molecule has 2 amide bonds. The summed E-state index contributed by atoms with van der Waals surface area (Å²) in [6.07, 6.45) is 3.02. The van der Waals surface area contributed by atoms with E-state index in [2.05, 4.69) is 15.6 Å². The van der Waals surface area contributed by atoms with Gasteiger partial charge in [-0.1, -0.05) is 50.2 Å². The number of amides is 2. The second-order valence-electron chi connectivity index (χ2n) is 6.51. The molecule has 0 aliphatic rings. The van der Waals surface area contributed by atoms with Crippen molar-refractivity contribution in [1.82, 2.24) is 10.3 Å². The molecule has 3 rings (SSSR count). The van der Waals surface area contributed by atoms with Gasteiger partial charge in [-0.15, -0.1) is 0 Å². The molecule has 3 aromatic rings. The maximum atomic E-state index is 12.8. The Morgan fingerprint density at radius 2 is 1.73 bits per heavy atom. The van der Waals surface area contributed by atoms with Crippen LogP contribution in [0.2, 0.25) is 0 Å². The quantitative estimate of drug-likeness (QED) is 0.736. The Kier molecular flexibility index (Phi) is 5.27. The summed E-state index contributed by atoms with van der Waals surface area (Å²) >= 11 is 0. The Labute approximate surface area is 152 Å². The van der Waals surface area contributed by atoms with Gasteiger partial charge in [0.25, 0.3) is 11.8 Å². The molecular weight excluding hydrogens is 326 g/mol. The molecule has 2 N–H and O–H groups in total. The predicted octanol–water partition coefficient (Wildman–Crippen LogP) is 3.87. The summed E-state index contributed by atoms with van der Waals surface area (Å²) in [6, 6.07) is 14.9. The van der Waals surface area contributed by atoms with Crippen LogP contribution in [0.1, 0.15) is 34.6 Å². The lowest BCUT2D eigenvalue weighted by molar-refractivity contribution is 0.0949. The molecule has 0 spiro atoms. The van der Waals surface area contributed by atoms with E-state index in [1.165, 1.54) is 6.20 Å². The van der Waals surface area contributed by atoms with Crippen molar-refractivity contribution < 1.29 is 9.59 Å². The number of pyridine rings is 1. The average molecular weight is 347 g/mol. The molecular formula is C21H21N3O2. The van der Waals surface area contributed by atoms with Crippen molar-refractivity contribution in [2.24, 2.45) is 5.92 Å². The van der Waals surface area contributed by atoms with Crippen LogP contribution < -0.4 is 10.6 Å². The van der Waals surface area contributed by atoms with Gasteiger partial charge in [0, 0.05) is 24.5 Å². The molecule has 5 heteroatoms. The largest absolute Gasteiger partial charge is 0.352 e. The summed E-state index contributed by atoms with van der Waals surface area (Å²) in [5.41, 5.74) is 1.36. The minimum Gasteiger partial charge on any atom is -0.352 e. The van der Waals surface area contributed by atoms with Gasteiger partial charge in [0.15, 0.2) is 0 Å². The lowest BCUT2D eigenvalue weighted by Gasteiger charge is -2.13. The summed E-state index contributed by atoms with van der Waals surface area (Å²) in [6.45, 7) is 4.60. The Morgan fingerprint density at radius 1 is 0.962 bits per heavy atom. The van der Waals surface area contributed by atoms with Crippen molar-refractivity contribution in [3.63, 3.8) is 0 Å². The number of anilines is 1. The van der Waals surface area contributed by atoms with Crippen LogP contribution in [-0.4, -0.2) is 23.3 Å². The van der Waals surface area contributed by atoms with Gasteiger partial charge < -0.3 is 10.6 Å². The minimum absolute atomic E-state index is 0.250. The first kappa shape index (κ1) is 17.6. The molecule has 0 atom stereocenters. The second-order valence-corrected chi connectivity index (χ2v) is 6.51. The maximum absolute atomic E-state index is 12.8. The van der Waals surface area contributed by atoms with Crippen LogP contribution in [0.5, 0.6) is 0 Å². The van der Waals surface area contributed by atoms with Crippen LogP contribution in [0.3, 0.4) is 0 Å². The molecule has 1 heterocycles. The fraction of sp³-hybridized carbons (Fsp3) is 0.190. The molecule has 0 aliphatic carbocycles. The molecule has 0 bridgehead atoms. The number of benzene rings is 2. The van der Waals surface area contributed by atoms with Crippen LogP contribution in [0, 0.1) is 5.92 Å². The Balaban J connectivity index is 1.87. The average Bonchev–Trinajstić information content (AvgIpc) is 2.66. The third-order valence-electron chi connectivity index (χ3n) is 4.02. The lowest BCUT2D eigenvalue weighted by Crippen LogP contribution is -2.28. The third kappa shape index (κ3) is 3.88. The first-order chi connectivity index (χ1) is 12.6. The van der Waals surface area contributed by atoms with E-state index in [0.29, 0.717) is 29.3 Å². The smallest absolute Gasteiger partial charge is 0.256 e. The molecule has 1 aromatic heterocycles. The number of nitrogens with one attached hydrogen (secondary N) is 2. The summed E-state index contributed by atoms with van der Waals surface area (Å²) in [5, 5.41) is 7.56. The standard InChI is InChI=1S/C21H21N3O2/c1-14(2)12-23-20(25)18-13-22-11-10-19(18)24-21(26)17-9-5-7-15-6-3-4-8-16(15)17/h3-11,13-14H,12H2,1-2H3,(H,23,25)(H,22,24,26). The van der Waals surface area contributed by atoms with Gasteiger partial charge >= 0.3 is 0 Å². The Hall–Kier alpha value is -3.21. The monoisotopic (exact) mass is 347 g/mol. The Bertz CT molecular complexity index is 945. The van der Waals surface area contributed by atoms with Gasteiger partial charge in [-0.3, -0.25) is 14.6 Å². The van der Waals surface area contributed by atoms with Crippen molar-refractivity contribution in [3.8, 4) is 0 Å². The molecule has 132 valence electrons. The Morgan fingerprint density at radius 3 is 2.54 bits per heavy atom. The SMILES string of the molecule is CC(C)CNC(=O)c1cnccc1NC(=O)c1cccc2ccccc12. The van der Waals surface area contributed by atoms with E-state index < -0.39 is 0 Å². The zero-order valence-corrected chi connectivity index (χ0v) is 14.8. The van der Waals surface area contributed by atoms with Crippen molar-refractivity contribution in [2.45, 2.75) is 13.8 Å². The highest BCUT2D eigenvalue weighted by Crippen LogP contribution is 2.21. The van der Waals surface area contributed by atoms with Gasteiger partial charge in [-0.25, -0.2) is 0 Å². The first-order valence-corrected chi connectivity index (χ1v) is 8.57. The molecule has 26 heavy (non-hydrogen) atoms. The maximum Gasteiger partial charge on any atom is 0.256 e. The summed E-state index contributed by atoms with van der Waals surface area (Å²) in [5.74, 6) is -0.171. The second kappa shape index (κ2) is 7.78. The van der Waals surface area contributed by atoms with Gasteiger partial charge in [-0.05, 0) is 28.8 Å². The molecule has 0 saturated heterocycles. The van der Waals surface area contributed by atoms with E-state index in [1.54, 1.807) is 18.3 Å². The number of carbonyl (C=O) groups excluding carboxylic acids is 2. The normalized spacial score (nSPS) is 10.7. The molecule has 0 unspecified atom stereocenters. The number of carbonyl (C=O) groups is 2. The van der Waals surface area contributed by atoms with E-state index in [-0.39, 0.29) is 11.8 Å². The van der Waals surface area contributed by atoms with Crippen LogP contribution in [0.4, 0.5) is 5.69 Å². The molecule has 0 aliphatic heterocycles. The van der Waals surface area contributed by atoms with Gasteiger partial charge in [0.1, 0.15) is 0 Å². The number of fused-ring (bicyclic) bond motifs is 1. The van der Waals surface area contributed by atoms with Gasteiger partial charge in [0.2, 0.25) is 0 Å². The number of nitrogens with zero attached hydrogens (tertiary/aromatic N) is 1. The van der Waals surface area contributed by atoms with Gasteiger partial charge in [-0.2, -0.15) is 0 Å². The van der Waals surface area contributed by atoms with E-state index >= 15 is 0 Å². The van der Waals surface area contributed by atoms with E-state index in [1.807, 2.05) is 50.2 Å². The molecule has 0 saturated carbocycles. The molecule has 0 radical (unpaired) electrons. The van der Waals surface area contributed by atoms with E-state index in [0.717, 1.165) is 10.8 Å². The van der Waals surface area contributed by atoms with E-state index in [4.69, 9.17) is 0 Å². The van der Waals surface area contributed by atoms with Crippen LogP contribution in [-0.2, 0) is 0 Å². The van der Waals surface area contributed by atoms with Crippen molar-refractivity contribution in [1.29, 1.82) is 0 Å². The summed E-state index contributed by atoms with van der Waals surface area (Å²) < 4.78 is 0. The molecule has 2 aromatic carbocycles. The lowest BCUT2D eigenvalue weighted by atomic mass is 10.0. The van der Waals surface area contributed by atoms with Crippen LogP contribution in [0.15, 0.2) is 60.9 Å². The first-order valence-electron chi connectivity index (χ1n) is 8.57. The summed E-state index contributed by atoms with van der Waals surface area (Å²) in [4.78, 5) is 29.2. The highest BCUT2D eigenvalue weighted by atomic mass is 16.2. The van der Waals surface area contributed by atoms with Crippen LogP contribution in [0.25, 0.3) is 10.8 Å². The van der Waals surface area contributed by atoms with Crippen LogP contribution >= 0.6 is 0 Å². The van der Waals surface area contributed by atoms with Gasteiger partial charge in [0.05, 0.1) is 11.3 Å². The topological polar surface area (TPSA) is 71.1 Å². The highest BCUT2D eigenvalue weighted by Gasteiger charge is 2.16. The molecule has 5 nitrogen and oxygen atoms in total. The number of hydrogen-bond donors (Lipinski definition) is 2. The van der Waals surface area contributed by atoms with E-state index in [9.17, 15) is 9.59 Å². The van der Waals surface area contributed by atoms with Crippen molar-refractivity contribution in [3.05, 3.63) is 72.1 Å². The fourth-order valence-electron chi connectivity index (χ4n) is 2.69. The zero-order chi connectivity index (χ0) is 18.5. The minimum atomic E-state index is -0.258. The predicted molar refractivity (Wildman–Crippen MR) is 103 cm³/mol. The van der Waals surface area contributed by atoms with Crippen molar-refractivity contribution >= 4 is 28.3 Å². The zero-order valence-electron chi connectivity index (χ0n) is 14.8. The highest BCUT2D eigenvalue weighted by molar-refractivity contribution is 6.14.